The van der Waals surface area contributed by atoms with Crippen molar-refractivity contribution in [1.82, 2.24) is 29.1 Å². The molecule has 228 valence electrons. The number of fused-ring (bicyclic) bond motifs is 5. The summed E-state index contributed by atoms with van der Waals surface area (Å²) >= 11 is 0. The van der Waals surface area contributed by atoms with Gasteiger partial charge in [0.2, 0.25) is 0 Å². The lowest BCUT2D eigenvalue weighted by Gasteiger charge is -2.33. The number of benzene rings is 2. The van der Waals surface area contributed by atoms with Crippen molar-refractivity contribution in [3.63, 3.8) is 0 Å². The van der Waals surface area contributed by atoms with Gasteiger partial charge < -0.3 is 18.6 Å². The number of nitrogens with zero attached hydrogens (tertiary/aromatic N) is 6. The Bertz CT molecular complexity index is 1910. The van der Waals surface area contributed by atoms with E-state index in [2.05, 4.69) is 99.9 Å². The van der Waals surface area contributed by atoms with Gasteiger partial charge in [0.25, 0.3) is 0 Å². The number of ether oxygens (including phenoxy) is 2. The first-order valence-corrected chi connectivity index (χ1v) is 19.5. The van der Waals surface area contributed by atoms with E-state index in [9.17, 15) is 0 Å². The highest BCUT2D eigenvalue weighted by Crippen LogP contribution is 2.43. The topological polar surface area (TPSA) is 71.9 Å². The Morgan fingerprint density at radius 1 is 1.00 bits per heavy atom. The van der Waals surface area contributed by atoms with E-state index in [4.69, 9.17) is 14.5 Å². The van der Waals surface area contributed by atoms with Crippen LogP contribution in [0.25, 0.3) is 44.1 Å². The third-order valence-corrected chi connectivity index (χ3v) is 10.9. The zero-order valence-corrected chi connectivity index (χ0v) is 27.5. The molecule has 0 spiro atoms. The van der Waals surface area contributed by atoms with Crippen LogP contribution in [0.15, 0.2) is 67.0 Å². The highest BCUT2D eigenvalue weighted by Gasteiger charge is 2.31. The minimum Gasteiger partial charge on any atom is -0.381 e. The van der Waals surface area contributed by atoms with Crippen molar-refractivity contribution in [1.29, 1.82) is 0 Å². The molecule has 7 rings (SSSR count). The maximum Gasteiger partial charge on any atom is 0.122 e. The predicted octanol–water partition coefficient (Wildman–Crippen LogP) is 7.58. The maximum absolute atomic E-state index is 6.17. The first-order valence-electron chi connectivity index (χ1n) is 15.8. The molecule has 1 aliphatic rings. The van der Waals surface area contributed by atoms with E-state index >= 15 is 0 Å². The molecule has 8 nitrogen and oxygen atoms in total. The Labute approximate surface area is 259 Å². The smallest absolute Gasteiger partial charge is 0.122 e. The molecular formula is C35H42N6O2Si. The average Bonchev–Trinajstić information content (AvgIpc) is 3.69. The second kappa shape index (κ2) is 11.6. The Morgan fingerprint density at radius 2 is 1.77 bits per heavy atom. The van der Waals surface area contributed by atoms with E-state index in [0.29, 0.717) is 12.6 Å². The average molecular weight is 607 g/mol. The molecule has 1 atom stereocenters. The molecule has 0 radical (unpaired) electrons. The molecule has 2 aromatic carbocycles. The third-order valence-electron chi connectivity index (χ3n) is 9.18. The van der Waals surface area contributed by atoms with E-state index in [1.807, 2.05) is 24.9 Å². The predicted molar refractivity (Wildman–Crippen MR) is 180 cm³/mol. The Hall–Kier alpha value is -3.79. The van der Waals surface area contributed by atoms with Crippen LogP contribution in [0.3, 0.4) is 0 Å². The minimum atomic E-state index is -1.14. The molecule has 0 N–H and O–H groups in total. The summed E-state index contributed by atoms with van der Waals surface area (Å²) in [6.45, 7) is 12.1. The third kappa shape index (κ3) is 5.27. The van der Waals surface area contributed by atoms with Gasteiger partial charge in [0.05, 0.1) is 39.5 Å². The Kier molecular flexibility index (Phi) is 7.64. The van der Waals surface area contributed by atoms with Crippen molar-refractivity contribution in [3.05, 3.63) is 78.2 Å². The summed E-state index contributed by atoms with van der Waals surface area (Å²) in [5, 5.41) is 11.0. The molecule has 0 amide bonds. The lowest BCUT2D eigenvalue weighted by Crippen LogP contribution is -2.26. The molecule has 44 heavy (non-hydrogen) atoms. The van der Waals surface area contributed by atoms with Crippen molar-refractivity contribution >= 4 is 40.9 Å². The van der Waals surface area contributed by atoms with E-state index in [1.54, 1.807) is 0 Å². The summed E-state index contributed by atoms with van der Waals surface area (Å²) in [6.07, 6.45) is 6.19. The quantitative estimate of drug-likeness (QED) is 0.125. The second-order valence-corrected chi connectivity index (χ2v) is 19.1. The zero-order valence-electron chi connectivity index (χ0n) is 26.5. The van der Waals surface area contributed by atoms with Gasteiger partial charge in [-0.2, -0.15) is 0 Å². The van der Waals surface area contributed by atoms with Crippen LogP contribution >= 0.6 is 0 Å². The van der Waals surface area contributed by atoms with Crippen LogP contribution in [0.5, 0.6) is 0 Å². The number of aromatic nitrogens is 6. The van der Waals surface area contributed by atoms with E-state index in [-0.39, 0.29) is 6.04 Å². The highest BCUT2D eigenvalue weighted by molar-refractivity contribution is 6.76. The van der Waals surface area contributed by atoms with Crippen LogP contribution in [0, 0.1) is 12.8 Å². The molecular weight excluding hydrogens is 565 g/mol. The summed E-state index contributed by atoms with van der Waals surface area (Å²) in [5.74, 6) is 0.439. The SMILES string of the molecule is Cc1nnn(C)c1-c1cnc2c3c4ccn(COCC[Si](C)(C)C)c4ccc3n([C@H](c3ccccc3)C3CCOCC3)c2c1. The molecule has 0 saturated carbocycles. The number of hydrogen-bond donors (Lipinski definition) is 0. The monoisotopic (exact) mass is 606 g/mol. The van der Waals surface area contributed by atoms with Crippen LogP contribution in [0.2, 0.25) is 25.7 Å². The summed E-state index contributed by atoms with van der Waals surface area (Å²) in [6, 6.07) is 21.4. The lowest BCUT2D eigenvalue weighted by molar-refractivity contribution is 0.0553. The number of hydrogen-bond acceptors (Lipinski definition) is 5. The van der Waals surface area contributed by atoms with E-state index in [0.717, 1.165) is 66.7 Å². The van der Waals surface area contributed by atoms with Gasteiger partial charge in [0.15, 0.2) is 0 Å². The summed E-state index contributed by atoms with van der Waals surface area (Å²) in [4.78, 5) is 5.20. The van der Waals surface area contributed by atoms with Crippen LogP contribution in [0.4, 0.5) is 0 Å². The molecule has 1 saturated heterocycles. The Morgan fingerprint density at radius 3 is 2.50 bits per heavy atom. The van der Waals surface area contributed by atoms with Crippen molar-refractivity contribution in [2.75, 3.05) is 19.8 Å². The van der Waals surface area contributed by atoms with Crippen molar-refractivity contribution in [2.24, 2.45) is 13.0 Å². The molecule has 5 heterocycles. The van der Waals surface area contributed by atoms with Gasteiger partial charge >= 0.3 is 0 Å². The van der Waals surface area contributed by atoms with Gasteiger partial charge in [0.1, 0.15) is 6.73 Å². The maximum atomic E-state index is 6.17. The standard InChI is InChI=1S/C35H42N6O2Si/c1-24-34(39(2)38-37-24)27-21-31-33(36-22-27)32-28-13-16-40(23-43-19-20-44(3,4)5)29(28)11-12-30(32)41(31)35(25-9-7-6-8-10-25)26-14-17-42-18-15-26/h6-13,16,21-22,26,35H,14-15,17-20,23H2,1-5H3/t35-/m1/s1. The summed E-state index contributed by atoms with van der Waals surface area (Å²) in [7, 11) is 0.801. The summed E-state index contributed by atoms with van der Waals surface area (Å²) in [5.41, 5.74) is 8.75. The van der Waals surface area contributed by atoms with Gasteiger partial charge in [0, 0.05) is 63.7 Å². The number of rotatable bonds is 9. The van der Waals surface area contributed by atoms with Crippen molar-refractivity contribution in [3.8, 4) is 11.3 Å². The lowest BCUT2D eigenvalue weighted by atomic mass is 9.86. The van der Waals surface area contributed by atoms with Crippen LogP contribution in [0.1, 0.15) is 30.1 Å². The van der Waals surface area contributed by atoms with Crippen LogP contribution in [-0.2, 0) is 23.3 Å². The molecule has 0 bridgehead atoms. The Balaban J connectivity index is 1.44. The molecule has 1 aliphatic heterocycles. The largest absolute Gasteiger partial charge is 0.381 e. The van der Waals surface area contributed by atoms with Gasteiger partial charge in [-0.25, -0.2) is 4.68 Å². The van der Waals surface area contributed by atoms with Gasteiger partial charge in [-0.1, -0.05) is 55.2 Å². The first kappa shape index (κ1) is 28.9. The molecule has 0 aliphatic carbocycles. The first-order chi connectivity index (χ1) is 21.3. The fourth-order valence-electron chi connectivity index (χ4n) is 6.92. The van der Waals surface area contributed by atoms with Gasteiger partial charge in [-0.15, -0.1) is 5.10 Å². The molecule has 9 heteroatoms. The van der Waals surface area contributed by atoms with Crippen molar-refractivity contribution in [2.45, 2.75) is 58.2 Å². The molecule has 4 aromatic heterocycles. The number of pyridine rings is 1. The molecule has 1 fully saturated rings. The van der Waals surface area contributed by atoms with Crippen LogP contribution < -0.4 is 0 Å². The zero-order chi connectivity index (χ0) is 30.4. The van der Waals surface area contributed by atoms with Gasteiger partial charge in [-0.05, 0) is 61.6 Å². The fourth-order valence-corrected chi connectivity index (χ4v) is 7.68. The van der Waals surface area contributed by atoms with E-state index < -0.39 is 8.07 Å². The van der Waals surface area contributed by atoms with Gasteiger partial charge in [-0.3, -0.25) is 4.98 Å². The fraction of sp³-hybridized carbons (Fsp3) is 0.400. The molecule has 0 unspecified atom stereocenters. The second-order valence-electron chi connectivity index (χ2n) is 13.4. The normalized spacial score (nSPS) is 15.6. The van der Waals surface area contributed by atoms with E-state index in [1.165, 1.54) is 27.4 Å². The van der Waals surface area contributed by atoms with Crippen LogP contribution in [-0.4, -0.2) is 57.0 Å². The minimum absolute atomic E-state index is 0.146. The number of aryl methyl sites for hydroxylation is 2. The molecule has 6 aromatic rings. The van der Waals surface area contributed by atoms with Crippen molar-refractivity contribution < 1.29 is 9.47 Å². The highest BCUT2D eigenvalue weighted by atomic mass is 28.3. The summed E-state index contributed by atoms with van der Waals surface area (Å²) < 4.78 is 18.7.